The molecule has 1 atom stereocenters. The van der Waals surface area contributed by atoms with Crippen LogP contribution in [0.3, 0.4) is 0 Å². The Hall–Kier alpha value is -3.64. The fraction of sp³-hybridized carbons (Fsp3) is 0.364. The molecule has 0 aromatic heterocycles. The van der Waals surface area contributed by atoms with Gasteiger partial charge in [-0.05, 0) is 55.0 Å². The first-order valence-corrected chi connectivity index (χ1v) is 15.5. The predicted molar refractivity (Wildman–Crippen MR) is 162 cm³/mol. The summed E-state index contributed by atoms with van der Waals surface area (Å²) in [6, 6.07) is 28.3. The van der Waals surface area contributed by atoms with Gasteiger partial charge in [-0.25, -0.2) is 17.5 Å². The molecular formula is C33H39N3O4S. The first kappa shape index (κ1) is 30.3. The minimum absolute atomic E-state index is 0.0256. The fourth-order valence-electron chi connectivity index (χ4n) is 5.31. The number of rotatable bonds is 12. The SMILES string of the molecule is C#CCN(C(=O)OCc1ccccc1)C1CCN(CC[C@H](CN(C)S(=O)(=O)c2ccccc2)c2ccccc2)CC1. The van der Waals surface area contributed by atoms with E-state index in [-0.39, 0.29) is 31.2 Å². The number of likely N-dealkylation sites (N-methyl/N-ethyl adjacent to an activating group) is 1. The summed E-state index contributed by atoms with van der Waals surface area (Å²) in [6.45, 7) is 3.32. The van der Waals surface area contributed by atoms with Gasteiger partial charge in [-0.2, -0.15) is 0 Å². The van der Waals surface area contributed by atoms with Crippen LogP contribution in [0.2, 0.25) is 0 Å². The van der Waals surface area contributed by atoms with Crippen molar-refractivity contribution in [2.45, 2.75) is 42.7 Å². The molecule has 1 heterocycles. The number of benzene rings is 3. The van der Waals surface area contributed by atoms with Gasteiger partial charge in [0.2, 0.25) is 10.0 Å². The number of amides is 1. The summed E-state index contributed by atoms with van der Waals surface area (Å²) in [5.74, 6) is 2.66. The average molecular weight is 574 g/mol. The number of hydrogen-bond donors (Lipinski definition) is 0. The van der Waals surface area contributed by atoms with Crippen molar-refractivity contribution < 1.29 is 17.9 Å². The standard InChI is InChI=1S/C33H39N3O4S/c1-3-22-36(33(37)40-27-28-13-7-4-8-14-28)31-20-24-35(25-21-31)23-19-30(29-15-9-5-10-16-29)26-34(2)41(38,39)32-17-11-6-12-18-32/h1,4-18,30-31H,19-27H2,2H3/t30-/m1/s1. The van der Waals surface area contributed by atoms with Crippen molar-refractivity contribution in [3.05, 3.63) is 102 Å². The predicted octanol–water partition coefficient (Wildman–Crippen LogP) is 5.22. The van der Waals surface area contributed by atoms with Crippen LogP contribution in [0, 0.1) is 12.3 Å². The van der Waals surface area contributed by atoms with Crippen LogP contribution < -0.4 is 0 Å². The zero-order valence-corrected chi connectivity index (χ0v) is 24.5. The van der Waals surface area contributed by atoms with Gasteiger partial charge in [0, 0.05) is 32.7 Å². The molecule has 4 rings (SSSR count). The molecule has 3 aromatic carbocycles. The van der Waals surface area contributed by atoms with Crippen LogP contribution in [-0.4, -0.2) is 74.4 Å². The van der Waals surface area contributed by atoms with E-state index >= 15 is 0 Å². The number of carbonyl (C=O) groups excluding carboxylic acids is 1. The second-order valence-electron chi connectivity index (χ2n) is 10.4. The van der Waals surface area contributed by atoms with Gasteiger partial charge in [0.05, 0.1) is 11.4 Å². The highest BCUT2D eigenvalue weighted by atomic mass is 32.2. The molecule has 216 valence electrons. The van der Waals surface area contributed by atoms with Gasteiger partial charge in [-0.3, -0.25) is 4.90 Å². The van der Waals surface area contributed by atoms with Crippen molar-refractivity contribution in [2.24, 2.45) is 0 Å². The number of carbonyl (C=O) groups is 1. The number of ether oxygens (including phenoxy) is 1. The van der Waals surface area contributed by atoms with Crippen LogP contribution in [0.4, 0.5) is 4.79 Å². The summed E-state index contributed by atoms with van der Waals surface area (Å²) >= 11 is 0. The lowest BCUT2D eigenvalue weighted by molar-refractivity contribution is 0.0663. The van der Waals surface area contributed by atoms with E-state index in [1.807, 2.05) is 54.6 Å². The molecule has 41 heavy (non-hydrogen) atoms. The maximum atomic E-state index is 13.2. The highest BCUT2D eigenvalue weighted by Gasteiger charge is 2.30. The second kappa shape index (κ2) is 14.8. The molecule has 1 fully saturated rings. The van der Waals surface area contributed by atoms with Gasteiger partial charge in [-0.15, -0.1) is 6.42 Å². The Labute approximate surface area is 244 Å². The van der Waals surface area contributed by atoms with Crippen LogP contribution in [0.15, 0.2) is 95.9 Å². The molecule has 1 amide bonds. The minimum Gasteiger partial charge on any atom is -0.445 e. The topological polar surface area (TPSA) is 70.2 Å². The van der Waals surface area contributed by atoms with Crippen LogP contribution in [0.1, 0.15) is 36.3 Å². The molecule has 0 spiro atoms. The van der Waals surface area contributed by atoms with E-state index < -0.39 is 10.0 Å². The molecule has 0 bridgehead atoms. The van der Waals surface area contributed by atoms with E-state index in [0.29, 0.717) is 11.4 Å². The van der Waals surface area contributed by atoms with Crippen LogP contribution in [0.5, 0.6) is 0 Å². The van der Waals surface area contributed by atoms with Crippen molar-refractivity contribution in [2.75, 3.05) is 39.8 Å². The Balaban J connectivity index is 1.33. The maximum absolute atomic E-state index is 13.2. The number of nitrogens with zero attached hydrogens (tertiary/aromatic N) is 3. The van der Waals surface area contributed by atoms with E-state index in [1.165, 1.54) is 4.31 Å². The van der Waals surface area contributed by atoms with Crippen molar-refractivity contribution >= 4 is 16.1 Å². The Kier molecular flexibility index (Phi) is 11.0. The van der Waals surface area contributed by atoms with E-state index in [9.17, 15) is 13.2 Å². The molecule has 0 N–H and O–H groups in total. The first-order valence-electron chi connectivity index (χ1n) is 14.1. The van der Waals surface area contributed by atoms with E-state index in [2.05, 4.69) is 23.0 Å². The lowest BCUT2D eigenvalue weighted by Crippen LogP contribution is -2.48. The molecule has 0 radical (unpaired) electrons. The lowest BCUT2D eigenvalue weighted by atomic mass is 9.94. The molecule has 1 aliphatic heterocycles. The Morgan fingerprint density at radius 2 is 1.56 bits per heavy atom. The third-order valence-corrected chi connectivity index (χ3v) is 9.53. The Morgan fingerprint density at radius 3 is 2.17 bits per heavy atom. The Bertz CT molecular complexity index is 1370. The summed E-state index contributed by atoms with van der Waals surface area (Å²) in [5.41, 5.74) is 2.06. The molecule has 3 aromatic rings. The van der Waals surface area contributed by atoms with Crippen LogP contribution in [-0.2, 0) is 21.4 Å². The second-order valence-corrected chi connectivity index (χ2v) is 12.5. The summed E-state index contributed by atoms with van der Waals surface area (Å²) in [6.07, 6.45) is 7.65. The number of hydrogen-bond acceptors (Lipinski definition) is 5. The number of sulfonamides is 1. The van der Waals surface area contributed by atoms with Gasteiger partial charge in [0.1, 0.15) is 6.61 Å². The lowest BCUT2D eigenvalue weighted by Gasteiger charge is -2.37. The molecule has 0 aliphatic carbocycles. The minimum atomic E-state index is -3.58. The monoisotopic (exact) mass is 573 g/mol. The Morgan fingerprint density at radius 1 is 0.976 bits per heavy atom. The normalized spacial score (nSPS) is 15.2. The summed E-state index contributed by atoms with van der Waals surface area (Å²) < 4.78 is 33.4. The van der Waals surface area contributed by atoms with E-state index in [4.69, 9.17) is 11.2 Å². The molecule has 1 aliphatic rings. The first-order chi connectivity index (χ1) is 19.9. The molecule has 8 heteroatoms. The van der Waals surface area contributed by atoms with Crippen LogP contribution in [0.25, 0.3) is 0 Å². The smallest absolute Gasteiger partial charge is 0.411 e. The highest BCUT2D eigenvalue weighted by Crippen LogP contribution is 2.26. The third kappa shape index (κ3) is 8.43. The highest BCUT2D eigenvalue weighted by molar-refractivity contribution is 7.89. The summed E-state index contributed by atoms with van der Waals surface area (Å²) in [5, 5.41) is 0. The van der Waals surface area contributed by atoms with Gasteiger partial charge < -0.3 is 9.64 Å². The summed E-state index contributed by atoms with van der Waals surface area (Å²) in [4.78, 5) is 17.3. The van der Waals surface area contributed by atoms with Gasteiger partial charge >= 0.3 is 6.09 Å². The van der Waals surface area contributed by atoms with Gasteiger partial charge in [0.25, 0.3) is 0 Å². The largest absolute Gasteiger partial charge is 0.445 e. The molecule has 0 unspecified atom stereocenters. The molecular weight excluding hydrogens is 534 g/mol. The van der Waals surface area contributed by atoms with Crippen molar-refractivity contribution in [1.29, 1.82) is 0 Å². The van der Waals surface area contributed by atoms with Crippen LogP contribution >= 0.6 is 0 Å². The maximum Gasteiger partial charge on any atom is 0.411 e. The fourth-order valence-corrected chi connectivity index (χ4v) is 6.54. The number of terminal acetylenes is 1. The van der Waals surface area contributed by atoms with Crippen molar-refractivity contribution in [1.82, 2.24) is 14.1 Å². The van der Waals surface area contributed by atoms with Crippen molar-refractivity contribution in [3.63, 3.8) is 0 Å². The van der Waals surface area contributed by atoms with E-state index in [1.54, 1.807) is 36.2 Å². The zero-order valence-electron chi connectivity index (χ0n) is 23.6. The quantitative estimate of drug-likeness (QED) is 0.278. The number of piperidine rings is 1. The van der Waals surface area contributed by atoms with Gasteiger partial charge in [-0.1, -0.05) is 84.8 Å². The number of likely N-dealkylation sites (tertiary alicyclic amines) is 1. The van der Waals surface area contributed by atoms with Gasteiger partial charge in [0.15, 0.2) is 0 Å². The van der Waals surface area contributed by atoms with Crippen molar-refractivity contribution in [3.8, 4) is 12.3 Å². The molecule has 1 saturated heterocycles. The average Bonchev–Trinajstić information content (AvgIpc) is 3.02. The zero-order chi connectivity index (χ0) is 29.1. The molecule has 0 saturated carbocycles. The van der Waals surface area contributed by atoms with E-state index in [0.717, 1.165) is 50.0 Å². The molecule has 7 nitrogen and oxygen atoms in total. The third-order valence-electron chi connectivity index (χ3n) is 7.69. The summed E-state index contributed by atoms with van der Waals surface area (Å²) in [7, 11) is -1.93.